The standard InChI is InChI=1S/C27H24N2O/c28-20-27(23-9-2-1-3-10-23)14-16-29(17-15-27)19-22-18-21-8-4-6-12-25(21)30-26-13-7-5-11-24(22)26/h1-13,18H,14-17,19H2. The van der Waals surface area contributed by atoms with Gasteiger partial charge in [-0.25, -0.2) is 0 Å². The molecule has 1 saturated heterocycles. The molecular weight excluding hydrogens is 368 g/mol. The van der Waals surface area contributed by atoms with Gasteiger partial charge in [0.05, 0.1) is 11.5 Å². The van der Waals surface area contributed by atoms with Crippen LogP contribution in [0, 0.1) is 11.3 Å². The van der Waals surface area contributed by atoms with Crippen LogP contribution in [0.15, 0.2) is 78.9 Å². The minimum absolute atomic E-state index is 0.372. The molecule has 30 heavy (non-hydrogen) atoms. The lowest BCUT2D eigenvalue weighted by Crippen LogP contribution is -2.42. The van der Waals surface area contributed by atoms with Crippen molar-refractivity contribution in [2.75, 3.05) is 19.6 Å². The lowest BCUT2D eigenvalue weighted by Gasteiger charge is -2.38. The highest BCUT2D eigenvalue weighted by Gasteiger charge is 2.36. The molecule has 0 aliphatic carbocycles. The quantitative estimate of drug-likeness (QED) is 0.557. The fraction of sp³-hybridized carbons (Fsp3) is 0.222. The molecule has 0 atom stereocenters. The summed E-state index contributed by atoms with van der Waals surface area (Å²) in [4.78, 5) is 2.47. The first-order valence-corrected chi connectivity index (χ1v) is 10.5. The number of piperidine rings is 1. The zero-order chi connectivity index (χ0) is 20.4. The monoisotopic (exact) mass is 392 g/mol. The van der Waals surface area contributed by atoms with Gasteiger partial charge < -0.3 is 4.74 Å². The second-order valence-electron chi connectivity index (χ2n) is 8.14. The Bertz CT molecular complexity index is 1120. The lowest BCUT2D eigenvalue weighted by atomic mass is 9.74. The predicted molar refractivity (Wildman–Crippen MR) is 120 cm³/mol. The van der Waals surface area contributed by atoms with E-state index in [1.165, 1.54) is 5.57 Å². The zero-order valence-corrected chi connectivity index (χ0v) is 16.9. The van der Waals surface area contributed by atoms with Crippen molar-refractivity contribution >= 4 is 11.6 Å². The van der Waals surface area contributed by atoms with Gasteiger partial charge in [0.2, 0.25) is 0 Å². The molecule has 0 saturated carbocycles. The molecule has 0 spiro atoms. The maximum absolute atomic E-state index is 9.98. The lowest BCUT2D eigenvalue weighted by molar-refractivity contribution is 0.205. The van der Waals surface area contributed by atoms with Crippen LogP contribution in [0.25, 0.3) is 11.6 Å². The van der Waals surface area contributed by atoms with Crippen LogP contribution in [0.1, 0.15) is 29.5 Å². The van der Waals surface area contributed by atoms with E-state index in [9.17, 15) is 5.26 Å². The van der Waals surface area contributed by atoms with Crippen molar-refractivity contribution < 1.29 is 4.74 Å². The highest BCUT2D eigenvalue weighted by Crippen LogP contribution is 2.39. The summed E-state index contributed by atoms with van der Waals surface area (Å²) in [5.41, 5.74) is 4.29. The smallest absolute Gasteiger partial charge is 0.135 e. The summed E-state index contributed by atoms with van der Waals surface area (Å²) in [5.74, 6) is 1.80. The van der Waals surface area contributed by atoms with E-state index in [2.05, 4.69) is 47.4 Å². The summed E-state index contributed by atoms with van der Waals surface area (Å²) >= 11 is 0. The summed E-state index contributed by atoms with van der Waals surface area (Å²) in [6.07, 6.45) is 3.97. The van der Waals surface area contributed by atoms with Crippen LogP contribution < -0.4 is 4.74 Å². The van der Waals surface area contributed by atoms with Gasteiger partial charge in [-0.15, -0.1) is 0 Å². The Morgan fingerprint density at radius 1 is 0.833 bits per heavy atom. The second-order valence-corrected chi connectivity index (χ2v) is 8.14. The van der Waals surface area contributed by atoms with Crippen molar-refractivity contribution in [2.45, 2.75) is 18.3 Å². The van der Waals surface area contributed by atoms with Crippen LogP contribution in [-0.4, -0.2) is 24.5 Å². The van der Waals surface area contributed by atoms with Crippen molar-refractivity contribution in [1.82, 2.24) is 4.90 Å². The van der Waals surface area contributed by atoms with Gasteiger partial charge >= 0.3 is 0 Å². The molecular formula is C27H24N2O. The Morgan fingerprint density at radius 2 is 1.50 bits per heavy atom. The molecule has 2 aliphatic heterocycles. The summed E-state index contributed by atoms with van der Waals surface area (Å²) < 4.78 is 6.22. The van der Waals surface area contributed by atoms with Crippen LogP contribution >= 0.6 is 0 Å². The van der Waals surface area contributed by atoms with Gasteiger partial charge in [-0.1, -0.05) is 66.7 Å². The average molecular weight is 393 g/mol. The molecule has 0 unspecified atom stereocenters. The maximum Gasteiger partial charge on any atom is 0.135 e. The Hall–Kier alpha value is -3.35. The SMILES string of the molecule is N#CC1(c2ccccc2)CCN(CC2=Cc3ccccc3Oc3ccccc32)CC1. The molecule has 0 N–H and O–H groups in total. The Balaban J connectivity index is 1.40. The molecule has 2 heterocycles. The first-order valence-electron chi connectivity index (χ1n) is 10.5. The van der Waals surface area contributed by atoms with Crippen molar-refractivity contribution in [2.24, 2.45) is 0 Å². The average Bonchev–Trinajstić information content (AvgIpc) is 2.97. The van der Waals surface area contributed by atoms with Gasteiger partial charge in [0.25, 0.3) is 0 Å². The van der Waals surface area contributed by atoms with Crippen LogP contribution in [0.2, 0.25) is 0 Å². The fourth-order valence-electron chi connectivity index (χ4n) is 4.58. The van der Waals surface area contributed by atoms with Gasteiger partial charge in [-0.2, -0.15) is 5.26 Å². The van der Waals surface area contributed by atoms with Crippen LogP contribution in [0.4, 0.5) is 0 Å². The molecule has 3 heteroatoms. The van der Waals surface area contributed by atoms with E-state index in [4.69, 9.17) is 4.74 Å². The number of likely N-dealkylation sites (tertiary alicyclic amines) is 1. The van der Waals surface area contributed by atoms with E-state index in [0.717, 1.165) is 60.7 Å². The fourth-order valence-corrected chi connectivity index (χ4v) is 4.58. The highest BCUT2D eigenvalue weighted by molar-refractivity contribution is 5.88. The summed E-state index contributed by atoms with van der Waals surface area (Å²) in [5, 5.41) is 9.98. The first-order chi connectivity index (χ1) is 14.8. The molecule has 5 rings (SSSR count). The van der Waals surface area contributed by atoms with Crippen LogP contribution in [0.3, 0.4) is 0 Å². The van der Waals surface area contributed by atoms with E-state index in [0.29, 0.717) is 0 Å². The molecule has 0 amide bonds. The second kappa shape index (κ2) is 7.82. The number of hydrogen-bond donors (Lipinski definition) is 0. The van der Waals surface area contributed by atoms with Crippen LogP contribution in [0.5, 0.6) is 11.5 Å². The number of para-hydroxylation sites is 2. The van der Waals surface area contributed by atoms with Crippen molar-refractivity contribution in [1.29, 1.82) is 5.26 Å². The van der Waals surface area contributed by atoms with E-state index in [-0.39, 0.29) is 5.41 Å². The van der Waals surface area contributed by atoms with Gasteiger partial charge in [0.15, 0.2) is 0 Å². The Kier molecular flexibility index (Phi) is 4.86. The number of benzene rings is 3. The molecule has 0 aromatic heterocycles. The molecule has 3 aromatic rings. The molecule has 2 aliphatic rings. The number of nitrogens with zero attached hydrogens (tertiary/aromatic N) is 2. The Morgan fingerprint density at radius 3 is 2.27 bits per heavy atom. The topological polar surface area (TPSA) is 36.3 Å². The molecule has 148 valence electrons. The van der Waals surface area contributed by atoms with E-state index in [1.807, 2.05) is 48.5 Å². The minimum Gasteiger partial charge on any atom is -0.456 e. The van der Waals surface area contributed by atoms with Gasteiger partial charge in [0, 0.05) is 30.8 Å². The molecule has 1 fully saturated rings. The third-order valence-corrected chi connectivity index (χ3v) is 6.35. The van der Waals surface area contributed by atoms with E-state index in [1.54, 1.807) is 0 Å². The normalized spacial score (nSPS) is 17.5. The molecule has 3 aromatic carbocycles. The largest absolute Gasteiger partial charge is 0.456 e. The summed E-state index contributed by atoms with van der Waals surface area (Å²) in [6.45, 7) is 2.67. The summed E-state index contributed by atoms with van der Waals surface area (Å²) in [6, 6.07) is 29.4. The Labute approximate surface area is 177 Å². The third kappa shape index (κ3) is 3.40. The minimum atomic E-state index is -0.372. The number of fused-ring (bicyclic) bond motifs is 2. The van der Waals surface area contributed by atoms with E-state index >= 15 is 0 Å². The van der Waals surface area contributed by atoms with Gasteiger partial charge in [-0.3, -0.25) is 4.90 Å². The van der Waals surface area contributed by atoms with E-state index < -0.39 is 0 Å². The molecule has 0 radical (unpaired) electrons. The molecule has 3 nitrogen and oxygen atoms in total. The summed E-state index contributed by atoms with van der Waals surface area (Å²) in [7, 11) is 0. The van der Waals surface area contributed by atoms with Gasteiger partial charge in [-0.05, 0) is 42.2 Å². The van der Waals surface area contributed by atoms with Crippen molar-refractivity contribution in [3.63, 3.8) is 0 Å². The number of rotatable bonds is 3. The number of ether oxygens (including phenoxy) is 1. The predicted octanol–water partition coefficient (Wildman–Crippen LogP) is 5.89. The maximum atomic E-state index is 9.98. The molecule has 0 bridgehead atoms. The van der Waals surface area contributed by atoms with Crippen LogP contribution in [-0.2, 0) is 5.41 Å². The highest BCUT2D eigenvalue weighted by atomic mass is 16.5. The third-order valence-electron chi connectivity index (χ3n) is 6.35. The number of hydrogen-bond acceptors (Lipinski definition) is 3. The van der Waals surface area contributed by atoms with Crippen molar-refractivity contribution in [3.8, 4) is 17.6 Å². The number of nitriles is 1. The van der Waals surface area contributed by atoms with Gasteiger partial charge in [0.1, 0.15) is 11.5 Å². The van der Waals surface area contributed by atoms with Crippen molar-refractivity contribution in [3.05, 3.63) is 95.6 Å². The zero-order valence-electron chi connectivity index (χ0n) is 16.9. The first kappa shape index (κ1) is 18.7.